The van der Waals surface area contributed by atoms with Crippen molar-refractivity contribution in [2.75, 3.05) is 45.9 Å². The van der Waals surface area contributed by atoms with Crippen molar-refractivity contribution in [3.05, 3.63) is 65.5 Å². The summed E-state index contributed by atoms with van der Waals surface area (Å²) < 4.78 is 16.0. The van der Waals surface area contributed by atoms with E-state index in [0.29, 0.717) is 31.3 Å². The van der Waals surface area contributed by atoms with Gasteiger partial charge in [0, 0.05) is 42.8 Å². The number of methoxy groups -OCH3 is 1. The number of amides is 1. The molecule has 12 heteroatoms. The van der Waals surface area contributed by atoms with Gasteiger partial charge in [0.05, 0.1) is 26.4 Å². The van der Waals surface area contributed by atoms with E-state index < -0.39 is 12.2 Å². The molecule has 1 atom stereocenters. The van der Waals surface area contributed by atoms with E-state index in [2.05, 4.69) is 39.6 Å². The molecule has 3 rings (SSSR count). The summed E-state index contributed by atoms with van der Waals surface area (Å²) in [6, 6.07) is 14.7. The van der Waals surface area contributed by atoms with Gasteiger partial charge in [-0.25, -0.2) is 4.79 Å². The monoisotopic (exact) mass is 610 g/mol. The maximum Gasteiger partial charge on any atom is 0.414 e. The molecule has 44 heavy (non-hydrogen) atoms. The van der Waals surface area contributed by atoms with Gasteiger partial charge in [0.25, 0.3) is 0 Å². The standard InChI is InChI=1S/C21H24N6O3.C11H22O3/c1-14(30-21(29)27(3)18-10-6-16(13-28)7-11-18)19-23-25-20(26-24-19)17-8-4-15(5-9-17)12-22-2;1-10(2,6-12)8-14-9-11(3,4)7-13-5/h4-11,14,22,28H,12-13H2,1-3H3;6H,7-9H2,1-5H3. The SMILES string of the molecule is CNCc1ccc(-c2nnc(C(C)OC(=O)N(C)c3ccc(CO)cc3)nn2)cc1.COCC(C)(C)COCC(C)(C)C=O. The number of hydrogen-bond donors (Lipinski definition) is 2. The Morgan fingerprint density at radius 1 is 0.955 bits per heavy atom. The highest BCUT2D eigenvalue weighted by atomic mass is 16.6. The van der Waals surface area contributed by atoms with Gasteiger partial charge in [0.15, 0.2) is 6.10 Å². The minimum absolute atomic E-state index is 0.00765. The van der Waals surface area contributed by atoms with E-state index in [0.717, 1.165) is 29.5 Å². The summed E-state index contributed by atoms with van der Waals surface area (Å²) in [7, 11) is 5.17. The molecule has 0 aliphatic rings. The molecule has 0 bridgehead atoms. The normalized spacial score (nSPS) is 12.1. The first-order valence-corrected chi connectivity index (χ1v) is 14.3. The Morgan fingerprint density at radius 2 is 1.55 bits per heavy atom. The van der Waals surface area contributed by atoms with Crippen LogP contribution in [0.25, 0.3) is 11.4 Å². The van der Waals surface area contributed by atoms with Gasteiger partial charge in [0.1, 0.15) is 6.29 Å². The number of hydrogen-bond acceptors (Lipinski definition) is 11. The topological polar surface area (TPSA) is 149 Å². The predicted molar refractivity (Wildman–Crippen MR) is 168 cm³/mol. The van der Waals surface area contributed by atoms with E-state index in [-0.39, 0.29) is 23.3 Å². The lowest BCUT2D eigenvalue weighted by Crippen LogP contribution is -2.29. The average Bonchev–Trinajstić information content (AvgIpc) is 3.01. The maximum absolute atomic E-state index is 12.4. The number of ether oxygens (including phenoxy) is 3. The smallest absolute Gasteiger partial charge is 0.414 e. The molecule has 12 nitrogen and oxygen atoms in total. The molecule has 1 heterocycles. The highest BCUT2D eigenvalue weighted by molar-refractivity contribution is 5.87. The van der Waals surface area contributed by atoms with Gasteiger partial charge >= 0.3 is 6.09 Å². The molecule has 0 saturated carbocycles. The minimum atomic E-state index is -0.719. The van der Waals surface area contributed by atoms with Gasteiger partial charge in [-0.1, -0.05) is 64.1 Å². The van der Waals surface area contributed by atoms with E-state index >= 15 is 0 Å². The quantitative estimate of drug-likeness (QED) is 0.251. The van der Waals surface area contributed by atoms with Crippen LogP contribution in [0.15, 0.2) is 48.5 Å². The predicted octanol–water partition coefficient (Wildman–Crippen LogP) is 4.38. The lowest BCUT2D eigenvalue weighted by Gasteiger charge is -2.25. The highest BCUT2D eigenvalue weighted by Gasteiger charge is 2.22. The van der Waals surface area contributed by atoms with E-state index in [9.17, 15) is 9.59 Å². The fourth-order valence-electron chi connectivity index (χ4n) is 3.76. The van der Waals surface area contributed by atoms with Gasteiger partial charge < -0.3 is 29.4 Å². The molecule has 0 aliphatic carbocycles. The van der Waals surface area contributed by atoms with Gasteiger partial charge in [-0.05, 0) is 37.2 Å². The van der Waals surface area contributed by atoms with Crippen LogP contribution in [0.4, 0.5) is 10.5 Å². The average molecular weight is 611 g/mol. The number of aldehydes is 1. The lowest BCUT2D eigenvalue weighted by molar-refractivity contribution is -0.118. The molecule has 0 spiro atoms. The molecule has 0 radical (unpaired) electrons. The van der Waals surface area contributed by atoms with Gasteiger partial charge in [-0.15, -0.1) is 20.4 Å². The third kappa shape index (κ3) is 12.0. The van der Waals surface area contributed by atoms with Crippen molar-refractivity contribution >= 4 is 18.1 Å². The Morgan fingerprint density at radius 3 is 2.07 bits per heavy atom. The summed E-state index contributed by atoms with van der Waals surface area (Å²) in [5.41, 5.74) is 2.97. The maximum atomic E-state index is 12.4. The van der Waals surface area contributed by atoms with Gasteiger partial charge in [-0.2, -0.15) is 0 Å². The van der Waals surface area contributed by atoms with Crippen molar-refractivity contribution in [2.45, 2.75) is 53.9 Å². The molecule has 1 unspecified atom stereocenters. The molecule has 2 aromatic carbocycles. The lowest BCUT2D eigenvalue weighted by atomic mass is 9.95. The first kappa shape index (κ1) is 36.4. The Balaban J connectivity index is 0.000000408. The molecule has 3 aromatic rings. The van der Waals surface area contributed by atoms with Crippen LogP contribution in [-0.2, 0) is 32.2 Å². The summed E-state index contributed by atoms with van der Waals surface area (Å²) in [6.45, 7) is 12.0. The van der Waals surface area contributed by atoms with Crippen LogP contribution in [0.5, 0.6) is 0 Å². The number of anilines is 1. The molecule has 240 valence electrons. The molecular formula is C32H46N6O6. The van der Waals surface area contributed by atoms with E-state index in [1.807, 2.05) is 45.2 Å². The number of carbonyl (C=O) groups excluding carboxylic acids is 2. The van der Waals surface area contributed by atoms with Crippen molar-refractivity contribution in [3.8, 4) is 11.4 Å². The number of aliphatic hydroxyl groups is 1. The van der Waals surface area contributed by atoms with Crippen LogP contribution < -0.4 is 10.2 Å². The first-order valence-electron chi connectivity index (χ1n) is 14.3. The summed E-state index contributed by atoms with van der Waals surface area (Å²) in [4.78, 5) is 24.4. The van der Waals surface area contributed by atoms with Crippen molar-refractivity contribution in [3.63, 3.8) is 0 Å². The van der Waals surface area contributed by atoms with Gasteiger partial charge in [-0.3, -0.25) is 4.90 Å². The largest absolute Gasteiger partial charge is 0.438 e. The zero-order chi connectivity index (χ0) is 32.8. The summed E-state index contributed by atoms with van der Waals surface area (Å²) >= 11 is 0. The fraction of sp³-hybridized carbons (Fsp3) is 0.500. The fourth-order valence-corrected chi connectivity index (χ4v) is 3.76. The number of nitrogens with zero attached hydrogens (tertiary/aromatic N) is 5. The van der Waals surface area contributed by atoms with Gasteiger partial charge in [0.2, 0.25) is 11.6 Å². The van der Waals surface area contributed by atoms with Crippen molar-refractivity contribution in [1.29, 1.82) is 0 Å². The second-order valence-electron chi connectivity index (χ2n) is 11.9. The van der Waals surface area contributed by atoms with E-state index in [4.69, 9.17) is 19.3 Å². The van der Waals surface area contributed by atoms with Crippen molar-refractivity contribution < 1.29 is 28.9 Å². The molecular weight excluding hydrogens is 564 g/mol. The molecule has 1 amide bonds. The van der Waals surface area contributed by atoms with Crippen LogP contribution in [0.3, 0.4) is 0 Å². The van der Waals surface area contributed by atoms with E-state index in [1.165, 1.54) is 4.90 Å². The minimum Gasteiger partial charge on any atom is -0.438 e. The van der Waals surface area contributed by atoms with Crippen LogP contribution in [0.2, 0.25) is 0 Å². The molecule has 0 saturated heterocycles. The Bertz CT molecular complexity index is 1280. The summed E-state index contributed by atoms with van der Waals surface area (Å²) in [6.07, 6.45) is -0.355. The van der Waals surface area contributed by atoms with Crippen LogP contribution in [-0.4, -0.2) is 78.9 Å². The van der Waals surface area contributed by atoms with Crippen molar-refractivity contribution in [1.82, 2.24) is 25.7 Å². The second kappa shape index (κ2) is 17.5. The Hall–Kier alpha value is -3.84. The highest BCUT2D eigenvalue weighted by Crippen LogP contribution is 2.20. The van der Waals surface area contributed by atoms with Crippen LogP contribution >= 0.6 is 0 Å². The summed E-state index contributed by atoms with van der Waals surface area (Å²) in [5, 5.41) is 28.5. The third-order valence-electron chi connectivity index (χ3n) is 6.33. The number of aliphatic hydroxyl groups excluding tert-OH is 1. The molecule has 2 N–H and O–H groups in total. The van der Waals surface area contributed by atoms with E-state index in [1.54, 1.807) is 45.3 Å². The Kier molecular flexibility index (Phi) is 14.4. The second-order valence-corrected chi connectivity index (χ2v) is 11.9. The zero-order valence-electron chi connectivity index (χ0n) is 27.0. The Labute approximate surface area is 260 Å². The van der Waals surface area contributed by atoms with Crippen LogP contribution in [0.1, 0.15) is 57.7 Å². The number of carbonyl (C=O) groups is 2. The number of rotatable bonds is 14. The molecule has 0 fully saturated rings. The number of benzene rings is 2. The van der Waals surface area contributed by atoms with Crippen LogP contribution in [0, 0.1) is 10.8 Å². The number of aromatic nitrogens is 4. The molecule has 0 aliphatic heterocycles. The van der Waals surface area contributed by atoms with Crippen molar-refractivity contribution in [2.24, 2.45) is 10.8 Å². The zero-order valence-corrected chi connectivity index (χ0v) is 27.0. The first-order chi connectivity index (χ1) is 20.8. The number of nitrogens with one attached hydrogen (secondary N) is 1. The third-order valence-corrected chi connectivity index (χ3v) is 6.33. The molecule has 1 aromatic heterocycles. The summed E-state index contributed by atoms with van der Waals surface area (Å²) in [5.74, 6) is 0.609.